The summed E-state index contributed by atoms with van der Waals surface area (Å²) in [4.78, 5) is 39.6. The Morgan fingerprint density at radius 2 is 1.65 bits per heavy atom. The molecule has 246 valence electrons. The van der Waals surface area contributed by atoms with E-state index in [0.29, 0.717) is 48.6 Å². The molecule has 0 aliphatic heterocycles. The Balaban J connectivity index is 1.72. The van der Waals surface area contributed by atoms with E-state index in [0.717, 1.165) is 34.4 Å². The van der Waals surface area contributed by atoms with Gasteiger partial charge in [-0.1, -0.05) is 38.5 Å². The molecular formula is C36H45N3O7. The molecule has 3 aromatic carbocycles. The van der Waals surface area contributed by atoms with Gasteiger partial charge >= 0.3 is 0 Å². The van der Waals surface area contributed by atoms with Crippen molar-refractivity contribution >= 4 is 17.5 Å². The van der Waals surface area contributed by atoms with Gasteiger partial charge in [-0.3, -0.25) is 14.4 Å². The molecule has 0 bridgehead atoms. The van der Waals surface area contributed by atoms with Gasteiger partial charge in [0.2, 0.25) is 23.0 Å². The van der Waals surface area contributed by atoms with Gasteiger partial charge in [-0.05, 0) is 77.8 Å². The average molecular weight is 632 g/mol. The van der Waals surface area contributed by atoms with Crippen LogP contribution in [0.2, 0.25) is 0 Å². The second-order valence-corrected chi connectivity index (χ2v) is 11.5. The number of methoxy groups -OCH3 is 4. The maximum atomic E-state index is 13.9. The molecule has 1 aliphatic carbocycles. The average Bonchev–Trinajstić information content (AvgIpc) is 3.30. The molecule has 0 aromatic heterocycles. The number of nitrogens with one attached hydrogen (secondary N) is 3. The van der Waals surface area contributed by atoms with E-state index >= 15 is 0 Å². The quantitative estimate of drug-likeness (QED) is 0.239. The van der Waals surface area contributed by atoms with Crippen LogP contribution < -0.4 is 40.3 Å². The van der Waals surface area contributed by atoms with Crippen LogP contribution in [0, 0.1) is 5.92 Å². The molecule has 3 aromatic rings. The Kier molecular flexibility index (Phi) is 11.5. The Morgan fingerprint density at radius 3 is 2.26 bits per heavy atom. The van der Waals surface area contributed by atoms with E-state index in [2.05, 4.69) is 16.0 Å². The van der Waals surface area contributed by atoms with Crippen molar-refractivity contribution in [2.24, 2.45) is 5.92 Å². The number of anilines is 1. The zero-order chi connectivity index (χ0) is 33.4. The van der Waals surface area contributed by atoms with Crippen LogP contribution in [0.5, 0.6) is 23.0 Å². The molecule has 3 N–H and O–H groups in total. The minimum Gasteiger partial charge on any atom is -0.497 e. The van der Waals surface area contributed by atoms with Crippen LogP contribution in [0.3, 0.4) is 0 Å². The summed E-state index contributed by atoms with van der Waals surface area (Å²) in [6.07, 6.45) is 2.53. The monoisotopic (exact) mass is 631 g/mol. The lowest BCUT2D eigenvalue weighted by molar-refractivity contribution is -0.123. The number of fused-ring (bicyclic) bond motifs is 3. The molecule has 10 nitrogen and oxygen atoms in total. The van der Waals surface area contributed by atoms with E-state index in [9.17, 15) is 14.4 Å². The fourth-order valence-electron chi connectivity index (χ4n) is 5.93. The highest BCUT2D eigenvalue weighted by Crippen LogP contribution is 2.50. The first-order chi connectivity index (χ1) is 22.1. The lowest BCUT2D eigenvalue weighted by atomic mass is 9.95. The Bertz CT molecular complexity index is 1610. The minimum absolute atomic E-state index is 0.0617. The third kappa shape index (κ3) is 7.55. The summed E-state index contributed by atoms with van der Waals surface area (Å²) in [5.74, 6) is 1.76. The molecule has 0 spiro atoms. The van der Waals surface area contributed by atoms with Crippen molar-refractivity contribution in [3.8, 4) is 34.1 Å². The van der Waals surface area contributed by atoms with Crippen molar-refractivity contribution in [1.82, 2.24) is 10.6 Å². The van der Waals surface area contributed by atoms with Crippen molar-refractivity contribution in [1.29, 1.82) is 0 Å². The predicted octanol–water partition coefficient (Wildman–Crippen LogP) is 5.06. The number of carbonyl (C=O) groups excluding carboxylic acids is 2. The molecule has 46 heavy (non-hydrogen) atoms. The summed E-state index contributed by atoms with van der Waals surface area (Å²) in [6, 6.07) is 13.7. The minimum atomic E-state index is -0.645. The van der Waals surface area contributed by atoms with Crippen LogP contribution in [0.1, 0.15) is 56.3 Å². The number of aryl methyl sites for hydroxylation is 1. The molecule has 0 unspecified atom stereocenters. The van der Waals surface area contributed by atoms with E-state index < -0.39 is 12.1 Å². The van der Waals surface area contributed by atoms with Crippen LogP contribution in [-0.2, 0) is 22.4 Å². The largest absolute Gasteiger partial charge is 0.497 e. The van der Waals surface area contributed by atoms with Crippen LogP contribution in [0.15, 0.2) is 53.3 Å². The molecule has 10 heteroatoms. The van der Waals surface area contributed by atoms with Crippen molar-refractivity contribution in [2.75, 3.05) is 40.3 Å². The van der Waals surface area contributed by atoms with E-state index in [1.54, 1.807) is 40.6 Å². The normalized spacial score (nSPS) is 14.8. The molecule has 2 amide bonds. The molecule has 4 rings (SSSR count). The number of carbonyl (C=O) groups is 2. The van der Waals surface area contributed by atoms with Crippen LogP contribution in [-0.4, -0.2) is 52.8 Å². The van der Waals surface area contributed by atoms with Crippen molar-refractivity contribution < 1.29 is 28.5 Å². The van der Waals surface area contributed by atoms with E-state index in [1.807, 2.05) is 50.2 Å². The van der Waals surface area contributed by atoms with Gasteiger partial charge in [-0.15, -0.1) is 0 Å². The fraction of sp³-hybridized carbons (Fsp3) is 0.417. The van der Waals surface area contributed by atoms with Crippen molar-refractivity contribution in [3.63, 3.8) is 0 Å². The molecule has 0 fully saturated rings. The number of rotatable bonds is 13. The molecule has 0 heterocycles. The number of amides is 2. The van der Waals surface area contributed by atoms with E-state index in [1.165, 1.54) is 6.92 Å². The molecule has 0 saturated carbocycles. The van der Waals surface area contributed by atoms with Gasteiger partial charge in [0.05, 0.1) is 40.2 Å². The smallest absolute Gasteiger partial charge is 0.242 e. The van der Waals surface area contributed by atoms with E-state index in [4.69, 9.17) is 18.9 Å². The Hall–Kier alpha value is -4.73. The molecule has 0 radical (unpaired) electrons. The third-order valence-corrected chi connectivity index (χ3v) is 8.59. The summed E-state index contributed by atoms with van der Waals surface area (Å²) in [7, 11) is 6.30. The van der Waals surface area contributed by atoms with Gasteiger partial charge in [0.1, 0.15) is 11.8 Å². The Morgan fingerprint density at radius 1 is 0.935 bits per heavy atom. The fourth-order valence-corrected chi connectivity index (χ4v) is 5.93. The summed E-state index contributed by atoms with van der Waals surface area (Å²) >= 11 is 0. The van der Waals surface area contributed by atoms with Crippen LogP contribution >= 0.6 is 0 Å². The lowest BCUT2D eigenvalue weighted by Gasteiger charge is -2.24. The maximum Gasteiger partial charge on any atom is 0.242 e. The molecule has 3 atom stereocenters. The zero-order valence-electron chi connectivity index (χ0n) is 27.7. The SMILES string of the molecule is CC[C@@H](C)[C@H](Nc1ccc2c(cc1=O)[C@@H](NC(C)=O)CCc1cc(OC)c(OC)c(OC)c1-2)C(=O)NCCc1ccc(OC)cc1. The second-order valence-electron chi connectivity index (χ2n) is 11.5. The number of hydrogen-bond acceptors (Lipinski definition) is 8. The maximum absolute atomic E-state index is 13.9. The molecule has 0 saturated heterocycles. The number of hydrogen-bond donors (Lipinski definition) is 3. The van der Waals surface area contributed by atoms with Gasteiger partial charge < -0.3 is 34.9 Å². The molecular weight excluding hydrogens is 586 g/mol. The highest BCUT2D eigenvalue weighted by Gasteiger charge is 2.30. The van der Waals surface area contributed by atoms with Gasteiger partial charge in [-0.25, -0.2) is 0 Å². The first kappa shape index (κ1) is 34.1. The van der Waals surface area contributed by atoms with E-state index in [-0.39, 0.29) is 28.8 Å². The summed E-state index contributed by atoms with van der Waals surface area (Å²) in [6.45, 7) is 5.90. The number of benzene rings is 2. The topological polar surface area (TPSA) is 124 Å². The van der Waals surface area contributed by atoms with Crippen molar-refractivity contribution in [3.05, 3.63) is 75.4 Å². The van der Waals surface area contributed by atoms with Gasteiger partial charge in [0, 0.05) is 19.0 Å². The standard InChI is InChI=1S/C36H45N3O7/c1-8-21(2)33(36(42)37-18-17-23-9-12-25(43-4)13-10-23)39-29-16-14-26-27(20-30(29)41)28(38-22(3)40)15-11-24-19-31(44-5)34(45-6)35(46-7)32(24)26/h9-10,12-14,16,19-21,28,33H,8,11,15,17-18H2,1-7H3,(H,37,42)(H,38,40)(H,39,41)/t21-,28+,33+/m1/s1. The third-order valence-electron chi connectivity index (χ3n) is 8.59. The van der Waals surface area contributed by atoms with Gasteiger partial charge in [0.15, 0.2) is 11.5 Å². The summed E-state index contributed by atoms with van der Waals surface area (Å²) in [5.41, 5.74) is 4.14. The first-order valence-corrected chi connectivity index (χ1v) is 15.6. The van der Waals surface area contributed by atoms with Crippen LogP contribution in [0.25, 0.3) is 11.1 Å². The highest BCUT2D eigenvalue weighted by atomic mass is 16.5. The summed E-state index contributed by atoms with van der Waals surface area (Å²) < 4.78 is 22.4. The zero-order valence-corrected chi connectivity index (χ0v) is 27.7. The predicted molar refractivity (Wildman–Crippen MR) is 179 cm³/mol. The number of ether oxygens (including phenoxy) is 4. The second kappa shape index (κ2) is 15.5. The van der Waals surface area contributed by atoms with Crippen molar-refractivity contribution in [2.45, 2.75) is 58.5 Å². The van der Waals surface area contributed by atoms with Gasteiger partial charge in [0.25, 0.3) is 0 Å². The lowest BCUT2D eigenvalue weighted by Crippen LogP contribution is -2.45. The first-order valence-electron chi connectivity index (χ1n) is 15.6. The Labute approximate surface area is 270 Å². The van der Waals surface area contributed by atoms with Crippen LogP contribution in [0.4, 0.5) is 5.69 Å². The highest BCUT2D eigenvalue weighted by molar-refractivity contribution is 5.86. The summed E-state index contributed by atoms with van der Waals surface area (Å²) in [5, 5.41) is 9.33. The van der Waals surface area contributed by atoms with Gasteiger partial charge in [-0.2, -0.15) is 0 Å². The molecule has 1 aliphatic rings.